The van der Waals surface area contributed by atoms with Crippen LogP contribution in [-0.2, 0) is 22.9 Å². The summed E-state index contributed by atoms with van der Waals surface area (Å²) in [4.78, 5) is 0. The first-order valence-electron chi connectivity index (χ1n) is 6.82. The summed E-state index contributed by atoms with van der Waals surface area (Å²) in [7, 11) is -3.42. The molecule has 0 fully saturated rings. The lowest BCUT2D eigenvalue weighted by Crippen LogP contribution is -2.34. The number of aryl methyl sites for hydroxylation is 2. The molecule has 4 nitrogen and oxygen atoms in total. The van der Waals surface area contributed by atoms with Crippen LogP contribution < -0.4 is 10.5 Å². The van der Waals surface area contributed by atoms with Crippen LogP contribution in [0.15, 0.2) is 18.2 Å². The topological polar surface area (TPSA) is 72.2 Å². The molecule has 0 amide bonds. The van der Waals surface area contributed by atoms with Crippen molar-refractivity contribution < 1.29 is 8.42 Å². The minimum absolute atomic E-state index is 0.140. The standard InChI is InChI=1S/C14H24N2O2S/c1-4-11-8-7-9-12(5-2)14(11)16-19(17,18)13(6-3)10-15/h7-9,13,16H,4-6,10,15H2,1-3H3. The monoisotopic (exact) mass is 284 g/mol. The number of benzene rings is 1. The summed E-state index contributed by atoms with van der Waals surface area (Å²) >= 11 is 0. The number of sulfonamides is 1. The fourth-order valence-corrected chi connectivity index (χ4v) is 3.52. The van der Waals surface area contributed by atoms with Crippen LogP contribution in [0.2, 0.25) is 0 Å². The van der Waals surface area contributed by atoms with Crippen LogP contribution in [0.4, 0.5) is 5.69 Å². The summed E-state index contributed by atoms with van der Waals surface area (Å²) < 4.78 is 27.4. The van der Waals surface area contributed by atoms with Crippen LogP contribution in [0.3, 0.4) is 0 Å². The van der Waals surface area contributed by atoms with Crippen LogP contribution in [0, 0.1) is 0 Å². The molecular formula is C14H24N2O2S. The van der Waals surface area contributed by atoms with E-state index < -0.39 is 15.3 Å². The van der Waals surface area contributed by atoms with Gasteiger partial charge in [0.25, 0.3) is 0 Å². The molecule has 0 aliphatic heterocycles. The predicted molar refractivity (Wildman–Crippen MR) is 80.9 cm³/mol. The Morgan fingerprint density at radius 3 is 2.05 bits per heavy atom. The van der Waals surface area contributed by atoms with E-state index in [9.17, 15) is 8.42 Å². The van der Waals surface area contributed by atoms with Crippen molar-refractivity contribution in [3.63, 3.8) is 0 Å². The highest BCUT2D eigenvalue weighted by atomic mass is 32.2. The fourth-order valence-electron chi connectivity index (χ4n) is 2.11. The van der Waals surface area contributed by atoms with Crippen LogP contribution >= 0.6 is 0 Å². The van der Waals surface area contributed by atoms with E-state index in [0.29, 0.717) is 6.42 Å². The lowest BCUT2D eigenvalue weighted by Gasteiger charge is -2.19. The normalized spacial score (nSPS) is 13.3. The molecule has 19 heavy (non-hydrogen) atoms. The highest BCUT2D eigenvalue weighted by Crippen LogP contribution is 2.25. The van der Waals surface area contributed by atoms with Gasteiger partial charge in [-0.2, -0.15) is 0 Å². The largest absolute Gasteiger partial charge is 0.329 e. The van der Waals surface area contributed by atoms with Gasteiger partial charge in [0, 0.05) is 6.54 Å². The average molecular weight is 284 g/mol. The molecule has 1 aromatic rings. The molecule has 1 rings (SSSR count). The van der Waals surface area contributed by atoms with E-state index in [1.165, 1.54) is 0 Å². The zero-order chi connectivity index (χ0) is 14.5. The fraction of sp³-hybridized carbons (Fsp3) is 0.571. The third kappa shape index (κ3) is 3.70. The van der Waals surface area contributed by atoms with Gasteiger partial charge in [0.1, 0.15) is 0 Å². The van der Waals surface area contributed by atoms with Crippen molar-refractivity contribution in [1.82, 2.24) is 0 Å². The SMILES string of the molecule is CCc1cccc(CC)c1NS(=O)(=O)C(CC)CN. The van der Waals surface area contributed by atoms with Crippen LogP contribution in [0.1, 0.15) is 38.3 Å². The van der Waals surface area contributed by atoms with Crippen LogP contribution in [-0.4, -0.2) is 20.2 Å². The van der Waals surface area contributed by atoms with Crippen LogP contribution in [0.5, 0.6) is 0 Å². The van der Waals surface area contributed by atoms with Gasteiger partial charge < -0.3 is 5.73 Å². The van der Waals surface area contributed by atoms with E-state index in [-0.39, 0.29) is 6.54 Å². The number of hydrogen-bond acceptors (Lipinski definition) is 3. The molecule has 0 heterocycles. The van der Waals surface area contributed by atoms with Gasteiger partial charge in [-0.1, -0.05) is 39.0 Å². The zero-order valence-corrected chi connectivity index (χ0v) is 12.8. The smallest absolute Gasteiger partial charge is 0.236 e. The van der Waals surface area contributed by atoms with Crippen molar-refractivity contribution in [1.29, 1.82) is 0 Å². The van der Waals surface area contributed by atoms with Crippen molar-refractivity contribution in [3.8, 4) is 0 Å². The first-order valence-corrected chi connectivity index (χ1v) is 8.37. The predicted octanol–water partition coefficient (Wildman–Crippen LogP) is 2.29. The first kappa shape index (κ1) is 16.0. The van der Waals surface area contributed by atoms with Gasteiger partial charge in [-0.3, -0.25) is 4.72 Å². The maximum Gasteiger partial charge on any atom is 0.236 e. The molecule has 0 saturated carbocycles. The minimum atomic E-state index is -3.42. The van der Waals surface area contributed by atoms with Gasteiger partial charge in [0.15, 0.2) is 0 Å². The van der Waals surface area contributed by atoms with Gasteiger partial charge in [0.05, 0.1) is 10.9 Å². The summed E-state index contributed by atoms with van der Waals surface area (Å²) in [5.74, 6) is 0. The summed E-state index contributed by atoms with van der Waals surface area (Å²) in [5.41, 5.74) is 8.33. The van der Waals surface area contributed by atoms with Gasteiger partial charge in [0.2, 0.25) is 10.0 Å². The molecule has 5 heteroatoms. The number of nitrogens with two attached hydrogens (primary N) is 1. The molecule has 1 aromatic carbocycles. The van der Waals surface area contributed by atoms with E-state index in [1.54, 1.807) is 0 Å². The van der Waals surface area contributed by atoms with Crippen molar-refractivity contribution in [2.75, 3.05) is 11.3 Å². The lowest BCUT2D eigenvalue weighted by atomic mass is 10.0. The van der Waals surface area contributed by atoms with Gasteiger partial charge in [-0.15, -0.1) is 0 Å². The highest BCUT2D eigenvalue weighted by molar-refractivity contribution is 7.93. The molecule has 0 spiro atoms. The van der Waals surface area contributed by atoms with E-state index >= 15 is 0 Å². The number of hydrogen-bond donors (Lipinski definition) is 2. The first-order chi connectivity index (χ1) is 9.00. The third-order valence-corrected chi connectivity index (χ3v) is 5.29. The van der Waals surface area contributed by atoms with Gasteiger partial charge in [-0.05, 0) is 30.4 Å². The molecule has 0 aliphatic carbocycles. The minimum Gasteiger partial charge on any atom is -0.329 e. The van der Waals surface area contributed by atoms with Gasteiger partial charge >= 0.3 is 0 Å². The van der Waals surface area contributed by atoms with Crippen molar-refractivity contribution in [2.24, 2.45) is 5.73 Å². The third-order valence-electron chi connectivity index (χ3n) is 3.40. The van der Waals surface area contributed by atoms with Gasteiger partial charge in [-0.25, -0.2) is 8.42 Å². The Kier molecular flexibility index (Phi) is 5.82. The molecule has 3 N–H and O–H groups in total. The van der Waals surface area contributed by atoms with Crippen molar-refractivity contribution >= 4 is 15.7 Å². The molecule has 0 radical (unpaired) electrons. The Labute approximate surface area is 116 Å². The van der Waals surface area contributed by atoms with E-state index in [0.717, 1.165) is 29.7 Å². The summed E-state index contributed by atoms with van der Waals surface area (Å²) in [5, 5.41) is -0.540. The Morgan fingerprint density at radius 1 is 1.16 bits per heavy atom. The van der Waals surface area contributed by atoms with E-state index in [4.69, 9.17) is 5.73 Å². The maximum absolute atomic E-state index is 12.3. The molecule has 0 aromatic heterocycles. The Hall–Kier alpha value is -1.07. The molecule has 1 unspecified atom stereocenters. The van der Waals surface area contributed by atoms with Crippen molar-refractivity contribution in [3.05, 3.63) is 29.3 Å². The maximum atomic E-state index is 12.3. The molecule has 108 valence electrons. The second kappa shape index (κ2) is 6.91. The Bertz CT molecular complexity index is 486. The second-order valence-corrected chi connectivity index (χ2v) is 6.53. The Balaban J connectivity index is 3.18. The molecule has 0 bridgehead atoms. The Morgan fingerprint density at radius 2 is 1.68 bits per heavy atom. The molecule has 0 aliphatic rings. The second-order valence-electron chi connectivity index (χ2n) is 4.57. The lowest BCUT2D eigenvalue weighted by molar-refractivity contribution is 0.581. The van der Waals surface area contributed by atoms with Crippen LogP contribution in [0.25, 0.3) is 0 Å². The number of rotatable bonds is 7. The summed E-state index contributed by atoms with van der Waals surface area (Å²) in [6.45, 7) is 6.02. The van der Waals surface area contributed by atoms with Crippen molar-refractivity contribution in [2.45, 2.75) is 45.3 Å². The summed E-state index contributed by atoms with van der Waals surface area (Å²) in [6, 6.07) is 5.89. The average Bonchev–Trinajstić information content (AvgIpc) is 2.39. The van der Waals surface area contributed by atoms with E-state index in [2.05, 4.69) is 4.72 Å². The van der Waals surface area contributed by atoms with E-state index in [1.807, 2.05) is 39.0 Å². The number of para-hydroxylation sites is 1. The zero-order valence-electron chi connectivity index (χ0n) is 11.9. The highest BCUT2D eigenvalue weighted by Gasteiger charge is 2.23. The summed E-state index contributed by atoms with van der Waals surface area (Å²) in [6.07, 6.45) is 2.11. The number of anilines is 1. The molecule has 0 saturated heterocycles. The molecule has 1 atom stereocenters. The molecular weight excluding hydrogens is 260 g/mol. The quantitative estimate of drug-likeness (QED) is 0.807. The number of nitrogens with one attached hydrogen (secondary N) is 1.